The molecule has 18 heavy (non-hydrogen) atoms. The Kier molecular flexibility index (Phi) is 7.14. The van der Waals surface area contributed by atoms with Crippen LogP contribution >= 0.6 is 0 Å². The number of carboxylic acids is 1. The van der Waals surface area contributed by atoms with E-state index in [4.69, 9.17) is 16.6 Å². The van der Waals surface area contributed by atoms with E-state index in [0.717, 1.165) is 0 Å². The lowest BCUT2D eigenvalue weighted by Gasteiger charge is -2.07. The summed E-state index contributed by atoms with van der Waals surface area (Å²) in [5, 5.41) is 8.23. The van der Waals surface area contributed by atoms with Crippen LogP contribution in [0.25, 0.3) is 0 Å². The van der Waals surface area contributed by atoms with Crippen molar-refractivity contribution in [3.05, 3.63) is 30.3 Å². The van der Waals surface area contributed by atoms with Gasteiger partial charge in [-0.3, -0.25) is 4.79 Å². The Bertz CT molecular complexity index is 379. The van der Waals surface area contributed by atoms with Crippen molar-refractivity contribution in [3.63, 3.8) is 0 Å². The molecule has 0 aliphatic rings. The van der Waals surface area contributed by atoms with Crippen LogP contribution in [0.1, 0.15) is 13.8 Å². The van der Waals surface area contributed by atoms with Crippen molar-refractivity contribution < 1.29 is 19.4 Å². The molecule has 1 aromatic carbocycles. The van der Waals surface area contributed by atoms with Crippen molar-refractivity contribution in [2.45, 2.75) is 19.9 Å². The summed E-state index contributed by atoms with van der Waals surface area (Å²) >= 11 is 0. The number of rotatable bonds is 3. The number of hydrogen-bond donors (Lipinski definition) is 3. The fourth-order valence-electron chi connectivity index (χ4n) is 0.890. The number of amides is 1. The number of aliphatic carboxylic acids is 1. The minimum Gasteiger partial charge on any atom is -0.480 e. The van der Waals surface area contributed by atoms with Gasteiger partial charge in [-0.15, -0.1) is 0 Å². The molecule has 6 heteroatoms. The first kappa shape index (κ1) is 15.9. The maximum atomic E-state index is 10.2. The minimum absolute atomic E-state index is 0.0208. The molecule has 100 valence electrons. The van der Waals surface area contributed by atoms with Crippen LogP contribution in [0, 0.1) is 5.92 Å². The van der Waals surface area contributed by atoms with E-state index < -0.39 is 18.1 Å². The lowest BCUT2D eigenvalue weighted by atomic mass is 10.1. The zero-order chi connectivity index (χ0) is 14.1. The average molecular weight is 254 g/mol. The van der Waals surface area contributed by atoms with Crippen LogP contribution in [-0.4, -0.2) is 23.2 Å². The van der Waals surface area contributed by atoms with E-state index in [1.54, 1.807) is 38.1 Å². The molecule has 0 spiro atoms. The molecule has 6 nitrogen and oxygen atoms in total. The first-order valence-electron chi connectivity index (χ1n) is 5.35. The molecule has 0 saturated heterocycles. The molecule has 1 aromatic rings. The predicted octanol–water partition coefficient (Wildman–Crippen LogP) is 1.20. The second-order valence-electron chi connectivity index (χ2n) is 3.84. The van der Waals surface area contributed by atoms with Gasteiger partial charge in [-0.05, 0) is 18.1 Å². The first-order valence-corrected chi connectivity index (χ1v) is 5.35. The highest BCUT2D eigenvalue weighted by molar-refractivity contribution is 5.73. The minimum atomic E-state index is -0.931. The Balaban J connectivity index is 0.000000331. The van der Waals surface area contributed by atoms with Crippen LogP contribution in [0.5, 0.6) is 5.75 Å². The largest absolute Gasteiger partial charge is 0.480 e. The fraction of sp³-hybridized carbons (Fsp3) is 0.333. The van der Waals surface area contributed by atoms with E-state index in [1.807, 2.05) is 6.07 Å². The van der Waals surface area contributed by atoms with Gasteiger partial charge in [0.2, 0.25) is 0 Å². The first-order chi connectivity index (χ1) is 8.34. The summed E-state index contributed by atoms with van der Waals surface area (Å²) in [4.78, 5) is 20.2. The molecule has 0 radical (unpaired) electrons. The number of carbonyl (C=O) groups is 2. The molecule has 0 heterocycles. The van der Waals surface area contributed by atoms with Crippen molar-refractivity contribution in [3.8, 4) is 5.75 Å². The molecule has 0 saturated carbocycles. The normalized spacial score (nSPS) is 11.1. The third kappa shape index (κ3) is 7.24. The van der Waals surface area contributed by atoms with Crippen LogP contribution in [-0.2, 0) is 4.79 Å². The van der Waals surface area contributed by atoms with Crippen molar-refractivity contribution in [1.29, 1.82) is 0 Å². The Morgan fingerprint density at radius 2 is 1.72 bits per heavy atom. The van der Waals surface area contributed by atoms with Crippen LogP contribution in [0.2, 0.25) is 0 Å². The molecule has 0 unspecified atom stereocenters. The maximum absolute atomic E-state index is 10.2. The number of carboxylic acid groups (broad SMARTS) is 1. The SMILES string of the molecule is CC(C)[C@H](N)C(=O)O.NC(=O)Oc1ccccc1. The second kappa shape index (κ2) is 8.08. The molecule has 0 aromatic heterocycles. The fourth-order valence-corrected chi connectivity index (χ4v) is 0.890. The van der Waals surface area contributed by atoms with Crippen LogP contribution in [0.15, 0.2) is 30.3 Å². The quantitative estimate of drug-likeness (QED) is 0.749. The third-order valence-electron chi connectivity index (χ3n) is 1.97. The zero-order valence-electron chi connectivity index (χ0n) is 10.4. The average Bonchev–Trinajstić information content (AvgIpc) is 2.29. The van der Waals surface area contributed by atoms with Crippen molar-refractivity contribution in [2.24, 2.45) is 17.4 Å². The van der Waals surface area contributed by atoms with Crippen LogP contribution in [0.4, 0.5) is 4.79 Å². The summed E-state index contributed by atoms with van der Waals surface area (Å²) in [6.45, 7) is 3.55. The van der Waals surface area contributed by atoms with E-state index in [1.165, 1.54) is 0 Å². The van der Waals surface area contributed by atoms with E-state index in [2.05, 4.69) is 4.74 Å². The van der Waals surface area contributed by atoms with Crippen molar-refractivity contribution >= 4 is 12.1 Å². The van der Waals surface area contributed by atoms with Gasteiger partial charge in [-0.2, -0.15) is 0 Å². The molecule has 0 bridgehead atoms. The number of nitrogens with two attached hydrogens (primary N) is 2. The van der Waals surface area contributed by atoms with Gasteiger partial charge < -0.3 is 21.3 Å². The van der Waals surface area contributed by atoms with Gasteiger partial charge in [-0.25, -0.2) is 4.79 Å². The second-order valence-corrected chi connectivity index (χ2v) is 3.84. The van der Waals surface area contributed by atoms with Gasteiger partial charge in [0.1, 0.15) is 11.8 Å². The standard InChI is InChI=1S/C7H7NO2.C5H11NO2/c8-7(9)10-6-4-2-1-3-5-6;1-3(2)4(6)5(7)8/h1-5H,(H2,8,9);3-4H,6H2,1-2H3,(H,7,8)/t;4-/m.0/s1. The van der Waals surface area contributed by atoms with E-state index in [0.29, 0.717) is 5.75 Å². The lowest BCUT2D eigenvalue weighted by molar-refractivity contribution is -0.139. The smallest absolute Gasteiger partial charge is 0.409 e. The summed E-state index contributed by atoms with van der Waals surface area (Å²) in [7, 11) is 0. The van der Waals surface area contributed by atoms with Crippen LogP contribution in [0.3, 0.4) is 0 Å². The highest BCUT2D eigenvalue weighted by atomic mass is 16.5. The number of benzene rings is 1. The van der Waals surface area contributed by atoms with Gasteiger partial charge in [0, 0.05) is 0 Å². The summed E-state index contributed by atoms with van der Waals surface area (Å²) < 4.78 is 4.55. The topological polar surface area (TPSA) is 116 Å². The molecule has 0 aliphatic carbocycles. The number of hydrogen-bond acceptors (Lipinski definition) is 4. The molecule has 0 fully saturated rings. The third-order valence-corrected chi connectivity index (χ3v) is 1.97. The number of primary amides is 1. The molecule has 0 aliphatic heterocycles. The number of carbonyl (C=O) groups excluding carboxylic acids is 1. The molecular weight excluding hydrogens is 236 g/mol. The molecule has 1 rings (SSSR count). The summed E-state index contributed by atoms with van der Waals surface area (Å²) in [6, 6.07) is 7.95. The summed E-state index contributed by atoms with van der Waals surface area (Å²) in [5.74, 6) is -0.442. The van der Waals surface area contributed by atoms with Gasteiger partial charge in [-0.1, -0.05) is 32.0 Å². The molecule has 1 amide bonds. The van der Waals surface area contributed by atoms with E-state index in [9.17, 15) is 9.59 Å². The van der Waals surface area contributed by atoms with Gasteiger partial charge >= 0.3 is 12.1 Å². The molecule has 1 atom stereocenters. The highest BCUT2D eigenvalue weighted by Gasteiger charge is 2.14. The van der Waals surface area contributed by atoms with Gasteiger partial charge in [0.25, 0.3) is 0 Å². The van der Waals surface area contributed by atoms with E-state index in [-0.39, 0.29) is 5.92 Å². The van der Waals surface area contributed by atoms with Crippen molar-refractivity contribution in [1.82, 2.24) is 0 Å². The predicted molar refractivity (Wildman–Crippen MR) is 67.1 cm³/mol. The van der Waals surface area contributed by atoms with Gasteiger partial charge in [0.05, 0.1) is 0 Å². The van der Waals surface area contributed by atoms with Crippen molar-refractivity contribution in [2.75, 3.05) is 0 Å². The molecular formula is C12H18N2O4. The van der Waals surface area contributed by atoms with Crippen LogP contribution < -0.4 is 16.2 Å². The van der Waals surface area contributed by atoms with E-state index >= 15 is 0 Å². The Morgan fingerprint density at radius 3 is 2.00 bits per heavy atom. The maximum Gasteiger partial charge on any atom is 0.409 e. The summed E-state index contributed by atoms with van der Waals surface area (Å²) in [6.07, 6.45) is -0.786. The Morgan fingerprint density at radius 1 is 1.22 bits per heavy atom. The monoisotopic (exact) mass is 254 g/mol. The number of para-hydroxylation sites is 1. The van der Waals surface area contributed by atoms with Gasteiger partial charge in [0.15, 0.2) is 0 Å². The molecule has 5 N–H and O–H groups in total. The lowest BCUT2D eigenvalue weighted by Crippen LogP contribution is -2.34. The highest BCUT2D eigenvalue weighted by Crippen LogP contribution is 2.07. The number of ether oxygens (including phenoxy) is 1. The zero-order valence-corrected chi connectivity index (χ0v) is 10.4. The Hall–Kier alpha value is -2.08. The Labute approximate surface area is 106 Å². The summed E-state index contributed by atoms with van der Waals surface area (Å²) in [5.41, 5.74) is 9.92.